The maximum Gasteiger partial charge on any atom is 0.0630 e. The third-order valence-electron chi connectivity index (χ3n) is 2.08. The third kappa shape index (κ3) is 2.84. The average Bonchev–Trinajstić information content (AvgIpc) is 2.30. The van der Waals surface area contributed by atoms with Crippen molar-refractivity contribution < 1.29 is 0 Å². The molecule has 2 rings (SSSR count). The van der Waals surface area contributed by atoms with E-state index in [2.05, 4.69) is 4.99 Å². The van der Waals surface area contributed by atoms with Gasteiger partial charge in [-0.05, 0) is 30.3 Å². The fourth-order valence-corrected chi connectivity index (χ4v) is 1.56. The lowest BCUT2D eigenvalue weighted by Crippen LogP contribution is -1.80. The average molecular weight is 250 g/mol. The molecule has 0 aliphatic rings. The van der Waals surface area contributed by atoms with Crippen LogP contribution < -0.4 is 0 Å². The highest BCUT2D eigenvalue weighted by atomic mass is 35.5. The Bertz CT molecular complexity index is 504. The van der Waals surface area contributed by atoms with Crippen LogP contribution in [0.2, 0.25) is 10.0 Å². The molecule has 3 heteroatoms. The van der Waals surface area contributed by atoms with E-state index >= 15 is 0 Å². The molecule has 0 aliphatic heterocycles. The van der Waals surface area contributed by atoms with E-state index in [9.17, 15) is 0 Å². The van der Waals surface area contributed by atoms with E-state index in [-0.39, 0.29) is 0 Å². The minimum Gasteiger partial charge on any atom is -0.256 e. The van der Waals surface area contributed by atoms with E-state index in [1.165, 1.54) is 0 Å². The Kier molecular flexibility index (Phi) is 3.60. The molecule has 2 aromatic carbocycles. The molecule has 0 aliphatic carbocycles. The van der Waals surface area contributed by atoms with Crippen molar-refractivity contribution in [3.8, 4) is 0 Å². The molecule has 0 radical (unpaired) electrons. The van der Waals surface area contributed by atoms with Crippen LogP contribution >= 0.6 is 23.2 Å². The lowest BCUT2D eigenvalue weighted by Gasteiger charge is -1.96. The Morgan fingerprint density at radius 2 is 1.56 bits per heavy atom. The molecule has 0 amide bonds. The zero-order chi connectivity index (χ0) is 11.4. The van der Waals surface area contributed by atoms with Gasteiger partial charge in [-0.25, -0.2) is 0 Å². The minimum absolute atomic E-state index is 0.695. The van der Waals surface area contributed by atoms with Gasteiger partial charge < -0.3 is 0 Å². The Hall–Kier alpha value is -1.31. The summed E-state index contributed by atoms with van der Waals surface area (Å²) in [6.07, 6.45) is 1.74. The molecule has 1 nitrogen and oxygen atoms in total. The summed E-state index contributed by atoms with van der Waals surface area (Å²) in [6, 6.07) is 14.9. The van der Waals surface area contributed by atoms with Crippen LogP contribution in [-0.2, 0) is 0 Å². The SMILES string of the molecule is Clc1ccc(N=Cc2ccccc2Cl)cc1. The monoisotopic (exact) mass is 249 g/mol. The van der Waals surface area contributed by atoms with E-state index in [0.717, 1.165) is 11.3 Å². The summed E-state index contributed by atoms with van der Waals surface area (Å²) in [7, 11) is 0. The van der Waals surface area contributed by atoms with E-state index in [1.807, 2.05) is 36.4 Å². The lowest BCUT2D eigenvalue weighted by molar-refractivity contribution is 1.52. The zero-order valence-electron chi connectivity index (χ0n) is 8.40. The number of nitrogens with zero attached hydrogens (tertiary/aromatic N) is 1. The van der Waals surface area contributed by atoms with Crippen LogP contribution in [0.1, 0.15) is 5.56 Å². The smallest absolute Gasteiger partial charge is 0.0630 e. The first kappa shape index (κ1) is 11.2. The summed E-state index contributed by atoms with van der Waals surface area (Å²) in [5.74, 6) is 0. The quantitative estimate of drug-likeness (QED) is 0.682. The van der Waals surface area contributed by atoms with E-state index < -0.39 is 0 Å². The largest absolute Gasteiger partial charge is 0.256 e. The van der Waals surface area contributed by atoms with Gasteiger partial charge in [0.25, 0.3) is 0 Å². The standard InChI is InChI=1S/C13H9Cl2N/c14-11-5-7-12(8-6-11)16-9-10-3-1-2-4-13(10)15/h1-9H. The zero-order valence-corrected chi connectivity index (χ0v) is 9.91. The summed E-state index contributed by atoms with van der Waals surface area (Å²) >= 11 is 11.8. The van der Waals surface area contributed by atoms with Crippen LogP contribution in [0.3, 0.4) is 0 Å². The van der Waals surface area contributed by atoms with Gasteiger partial charge in [0.2, 0.25) is 0 Å². The van der Waals surface area contributed by atoms with Gasteiger partial charge >= 0.3 is 0 Å². The maximum atomic E-state index is 6.00. The molecule has 0 spiro atoms. The van der Waals surface area contributed by atoms with Gasteiger partial charge in [-0.3, -0.25) is 4.99 Å². The van der Waals surface area contributed by atoms with Crippen LogP contribution in [0.25, 0.3) is 0 Å². The van der Waals surface area contributed by atoms with Gasteiger partial charge in [0.15, 0.2) is 0 Å². The van der Waals surface area contributed by atoms with Crippen molar-refractivity contribution in [3.05, 3.63) is 64.1 Å². The number of rotatable bonds is 2. The van der Waals surface area contributed by atoms with Crippen LogP contribution in [0, 0.1) is 0 Å². The molecular weight excluding hydrogens is 241 g/mol. The Labute approximate surface area is 104 Å². The fraction of sp³-hybridized carbons (Fsp3) is 0. The van der Waals surface area contributed by atoms with Gasteiger partial charge in [-0.2, -0.15) is 0 Å². The van der Waals surface area contributed by atoms with Crippen molar-refractivity contribution in [3.63, 3.8) is 0 Å². The summed E-state index contributed by atoms with van der Waals surface area (Å²) in [4.78, 5) is 4.31. The number of aliphatic imine (C=N–C) groups is 1. The van der Waals surface area contributed by atoms with Crippen LogP contribution in [0.5, 0.6) is 0 Å². The molecule has 0 fully saturated rings. The fourth-order valence-electron chi connectivity index (χ4n) is 1.25. The first-order chi connectivity index (χ1) is 7.75. The predicted octanol–water partition coefficient (Wildman–Crippen LogP) is 4.74. The highest BCUT2D eigenvalue weighted by Gasteiger charge is 1.94. The van der Waals surface area contributed by atoms with Gasteiger partial charge in [0.1, 0.15) is 0 Å². The molecule has 2 aromatic rings. The molecule has 0 bridgehead atoms. The van der Waals surface area contributed by atoms with E-state index in [4.69, 9.17) is 23.2 Å². The molecule has 0 N–H and O–H groups in total. The Balaban J connectivity index is 2.21. The van der Waals surface area contributed by atoms with Crippen molar-refractivity contribution in [2.45, 2.75) is 0 Å². The lowest BCUT2D eigenvalue weighted by atomic mass is 10.2. The predicted molar refractivity (Wildman–Crippen MR) is 70.2 cm³/mol. The molecule has 0 heterocycles. The molecule has 16 heavy (non-hydrogen) atoms. The van der Waals surface area contributed by atoms with Crippen molar-refractivity contribution in [1.29, 1.82) is 0 Å². The van der Waals surface area contributed by atoms with Gasteiger partial charge in [-0.1, -0.05) is 41.4 Å². The maximum absolute atomic E-state index is 6.00. The molecule has 0 saturated heterocycles. The first-order valence-electron chi connectivity index (χ1n) is 4.80. The summed E-state index contributed by atoms with van der Waals surface area (Å²) < 4.78 is 0. The van der Waals surface area contributed by atoms with Crippen molar-refractivity contribution in [1.82, 2.24) is 0 Å². The van der Waals surface area contributed by atoms with Gasteiger partial charge in [-0.15, -0.1) is 0 Å². The highest BCUT2D eigenvalue weighted by molar-refractivity contribution is 6.33. The second kappa shape index (κ2) is 5.15. The van der Waals surface area contributed by atoms with Crippen molar-refractivity contribution >= 4 is 35.1 Å². The van der Waals surface area contributed by atoms with Gasteiger partial charge in [0, 0.05) is 21.8 Å². The van der Waals surface area contributed by atoms with Crippen LogP contribution in [0.15, 0.2) is 53.5 Å². The molecular formula is C13H9Cl2N. The Morgan fingerprint density at radius 1 is 0.875 bits per heavy atom. The third-order valence-corrected chi connectivity index (χ3v) is 2.68. The number of benzene rings is 2. The van der Waals surface area contributed by atoms with Gasteiger partial charge in [0.05, 0.1) is 5.69 Å². The van der Waals surface area contributed by atoms with Crippen LogP contribution in [0.4, 0.5) is 5.69 Å². The number of hydrogen-bond donors (Lipinski definition) is 0. The van der Waals surface area contributed by atoms with E-state index in [1.54, 1.807) is 18.3 Å². The Morgan fingerprint density at radius 3 is 2.25 bits per heavy atom. The summed E-state index contributed by atoms with van der Waals surface area (Å²) in [5, 5.41) is 1.40. The normalized spacial score (nSPS) is 10.9. The van der Waals surface area contributed by atoms with Crippen molar-refractivity contribution in [2.75, 3.05) is 0 Å². The van der Waals surface area contributed by atoms with E-state index in [0.29, 0.717) is 10.0 Å². The molecule has 0 atom stereocenters. The summed E-state index contributed by atoms with van der Waals surface area (Å²) in [5.41, 5.74) is 1.75. The molecule has 0 aromatic heterocycles. The number of halogens is 2. The second-order valence-corrected chi connectivity index (χ2v) is 4.10. The van der Waals surface area contributed by atoms with Crippen molar-refractivity contribution in [2.24, 2.45) is 4.99 Å². The molecule has 80 valence electrons. The summed E-state index contributed by atoms with van der Waals surface area (Å²) in [6.45, 7) is 0. The number of hydrogen-bond acceptors (Lipinski definition) is 1. The topological polar surface area (TPSA) is 12.4 Å². The molecule has 0 unspecified atom stereocenters. The highest BCUT2D eigenvalue weighted by Crippen LogP contribution is 2.18. The minimum atomic E-state index is 0.695. The molecule has 0 saturated carbocycles. The first-order valence-corrected chi connectivity index (χ1v) is 5.55. The second-order valence-electron chi connectivity index (χ2n) is 3.26. The van der Waals surface area contributed by atoms with Crippen LogP contribution in [-0.4, -0.2) is 6.21 Å².